The number of rotatable bonds is 11. The van der Waals surface area contributed by atoms with Crippen LogP contribution in [0.3, 0.4) is 0 Å². The van der Waals surface area contributed by atoms with E-state index in [1.807, 2.05) is 91.0 Å². The molecule has 0 spiro atoms. The molecule has 3 aromatic rings. The Hall–Kier alpha value is -3.44. The summed E-state index contributed by atoms with van der Waals surface area (Å²) in [4.78, 5) is 26.7. The van der Waals surface area contributed by atoms with Crippen LogP contribution in [0, 0.1) is 0 Å². The monoisotopic (exact) mass is 416 g/mol. The zero-order chi connectivity index (χ0) is 21.9. The van der Waals surface area contributed by atoms with Crippen LogP contribution in [0.25, 0.3) is 0 Å². The van der Waals surface area contributed by atoms with E-state index in [-0.39, 0.29) is 19.0 Å². The summed E-state index contributed by atoms with van der Waals surface area (Å²) in [6.07, 6.45) is 0.424. The van der Waals surface area contributed by atoms with Crippen molar-refractivity contribution in [3.63, 3.8) is 0 Å². The van der Waals surface area contributed by atoms with Crippen molar-refractivity contribution in [2.45, 2.75) is 38.6 Å². The highest BCUT2D eigenvalue weighted by Gasteiger charge is 2.28. The van der Waals surface area contributed by atoms with Crippen LogP contribution in [-0.4, -0.2) is 22.8 Å². The molecule has 0 unspecified atom stereocenters. The molecule has 0 fully saturated rings. The van der Waals surface area contributed by atoms with Gasteiger partial charge in [0.05, 0.1) is 0 Å². The quantitative estimate of drug-likeness (QED) is 0.478. The second-order valence-corrected chi connectivity index (χ2v) is 7.49. The van der Waals surface area contributed by atoms with Crippen molar-refractivity contribution in [3.05, 3.63) is 108 Å². The van der Waals surface area contributed by atoms with E-state index < -0.39 is 11.9 Å². The van der Waals surface area contributed by atoms with Gasteiger partial charge in [-0.3, -0.25) is 14.5 Å². The third-order valence-electron chi connectivity index (χ3n) is 5.06. The maximum Gasteiger partial charge on any atom is 0.323 e. The number of carbonyl (C=O) groups is 2. The SMILES string of the molecule is NC(=O)CC[C@@H](C(=O)OCc1ccccc1)N(Cc1ccccc1)Cc1ccccc1. The summed E-state index contributed by atoms with van der Waals surface area (Å²) in [6, 6.07) is 28.9. The van der Waals surface area contributed by atoms with E-state index in [9.17, 15) is 9.59 Å². The molecular weight excluding hydrogens is 388 g/mol. The van der Waals surface area contributed by atoms with Crippen molar-refractivity contribution in [1.29, 1.82) is 0 Å². The fraction of sp³-hybridized carbons (Fsp3) is 0.231. The standard InChI is InChI=1S/C26H28N2O3/c27-25(29)17-16-24(26(30)31-20-23-14-8-3-9-15-23)28(18-21-10-4-1-5-11-21)19-22-12-6-2-7-13-22/h1-15,24H,16-20H2,(H2,27,29)/t24-/m0/s1. The van der Waals surface area contributed by atoms with Gasteiger partial charge in [0.25, 0.3) is 0 Å². The fourth-order valence-corrected chi connectivity index (χ4v) is 3.47. The normalized spacial score (nSPS) is 11.8. The molecule has 1 atom stereocenters. The minimum Gasteiger partial charge on any atom is -0.460 e. The molecule has 3 aromatic carbocycles. The topological polar surface area (TPSA) is 72.6 Å². The molecule has 1 amide bonds. The number of carbonyl (C=O) groups excluding carboxylic acids is 2. The van der Waals surface area contributed by atoms with Gasteiger partial charge in [-0.05, 0) is 23.1 Å². The van der Waals surface area contributed by atoms with E-state index >= 15 is 0 Å². The number of nitrogens with zero attached hydrogens (tertiary/aromatic N) is 1. The van der Waals surface area contributed by atoms with Crippen LogP contribution in [0.15, 0.2) is 91.0 Å². The summed E-state index contributed by atoms with van der Waals surface area (Å²) < 4.78 is 5.65. The van der Waals surface area contributed by atoms with E-state index in [1.165, 1.54) is 0 Å². The van der Waals surface area contributed by atoms with Crippen molar-refractivity contribution in [2.75, 3.05) is 0 Å². The number of ether oxygens (including phenoxy) is 1. The molecule has 0 aliphatic carbocycles. The molecule has 3 rings (SSSR count). The number of hydrogen-bond donors (Lipinski definition) is 1. The molecule has 0 saturated heterocycles. The van der Waals surface area contributed by atoms with Crippen molar-refractivity contribution in [1.82, 2.24) is 4.90 Å². The van der Waals surface area contributed by atoms with Gasteiger partial charge in [-0.2, -0.15) is 0 Å². The molecular formula is C26H28N2O3. The summed E-state index contributed by atoms with van der Waals surface area (Å²) in [5, 5.41) is 0. The number of esters is 1. The van der Waals surface area contributed by atoms with Crippen molar-refractivity contribution in [2.24, 2.45) is 5.73 Å². The van der Waals surface area contributed by atoms with E-state index in [0.717, 1.165) is 16.7 Å². The molecule has 0 saturated carbocycles. The lowest BCUT2D eigenvalue weighted by Crippen LogP contribution is -2.42. The van der Waals surface area contributed by atoms with E-state index in [1.54, 1.807) is 0 Å². The summed E-state index contributed by atoms with van der Waals surface area (Å²) in [7, 11) is 0. The highest BCUT2D eigenvalue weighted by Crippen LogP contribution is 2.18. The smallest absolute Gasteiger partial charge is 0.323 e. The number of amides is 1. The van der Waals surface area contributed by atoms with Gasteiger partial charge < -0.3 is 10.5 Å². The molecule has 31 heavy (non-hydrogen) atoms. The van der Waals surface area contributed by atoms with Gasteiger partial charge in [0.1, 0.15) is 12.6 Å². The zero-order valence-corrected chi connectivity index (χ0v) is 17.5. The van der Waals surface area contributed by atoms with Crippen LogP contribution in [0.1, 0.15) is 29.5 Å². The third-order valence-corrected chi connectivity index (χ3v) is 5.06. The molecule has 0 bridgehead atoms. The maximum atomic E-state index is 13.1. The molecule has 5 heteroatoms. The van der Waals surface area contributed by atoms with Gasteiger partial charge in [0.15, 0.2) is 0 Å². The van der Waals surface area contributed by atoms with Gasteiger partial charge in [0.2, 0.25) is 5.91 Å². The molecule has 0 aromatic heterocycles. The Bertz CT molecular complexity index is 905. The first-order valence-electron chi connectivity index (χ1n) is 10.4. The fourth-order valence-electron chi connectivity index (χ4n) is 3.47. The Morgan fingerprint density at radius 2 is 1.19 bits per heavy atom. The number of benzene rings is 3. The average molecular weight is 417 g/mol. The molecule has 2 N–H and O–H groups in total. The van der Waals surface area contributed by atoms with Crippen LogP contribution in [0.2, 0.25) is 0 Å². The molecule has 5 nitrogen and oxygen atoms in total. The molecule has 0 heterocycles. The van der Waals surface area contributed by atoms with Gasteiger partial charge in [-0.25, -0.2) is 0 Å². The summed E-state index contributed by atoms with van der Waals surface area (Å²) in [5.74, 6) is -0.780. The lowest BCUT2D eigenvalue weighted by molar-refractivity contribution is -0.152. The van der Waals surface area contributed by atoms with Crippen LogP contribution < -0.4 is 5.73 Å². The number of primary amides is 1. The molecule has 0 radical (unpaired) electrons. The Morgan fingerprint density at radius 3 is 1.65 bits per heavy atom. The van der Waals surface area contributed by atoms with Crippen molar-refractivity contribution >= 4 is 11.9 Å². The average Bonchev–Trinajstić information content (AvgIpc) is 2.79. The van der Waals surface area contributed by atoms with Gasteiger partial charge in [-0.15, -0.1) is 0 Å². The number of hydrogen-bond acceptors (Lipinski definition) is 4. The van der Waals surface area contributed by atoms with E-state index in [2.05, 4.69) is 4.90 Å². The summed E-state index contributed by atoms with van der Waals surface area (Å²) >= 11 is 0. The Labute approximate surface area is 183 Å². The Balaban J connectivity index is 1.81. The predicted octanol–water partition coefficient (Wildman–Crippen LogP) is 4.07. The van der Waals surface area contributed by atoms with Crippen LogP contribution >= 0.6 is 0 Å². The summed E-state index contributed by atoms with van der Waals surface area (Å²) in [5.41, 5.74) is 8.48. The minimum absolute atomic E-state index is 0.116. The van der Waals surface area contributed by atoms with Crippen LogP contribution in [0.4, 0.5) is 0 Å². The molecule has 0 aliphatic heterocycles. The first kappa shape index (κ1) is 22.2. The predicted molar refractivity (Wildman–Crippen MR) is 121 cm³/mol. The van der Waals surface area contributed by atoms with Crippen molar-refractivity contribution in [3.8, 4) is 0 Å². The van der Waals surface area contributed by atoms with Crippen LogP contribution in [-0.2, 0) is 34.0 Å². The highest BCUT2D eigenvalue weighted by molar-refractivity contribution is 5.78. The second kappa shape index (κ2) is 11.7. The molecule has 0 aliphatic rings. The number of nitrogens with two attached hydrogens (primary N) is 1. The summed E-state index contributed by atoms with van der Waals surface area (Å²) in [6.45, 7) is 1.30. The van der Waals surface area contributed by atoms with Crippen LogP contribution in [0.5, 0.6) is 0 Å². The second-order valence-electron chi connectivity index (χ2n) is 7.49. The molecule has 160 valence electrons. The Kier molecular flexibility index (Phi) is 8.38. The maximum absolute atomic E-state index is 13.1. The van der Waals surface area contributed by atoms with E-state index in [4.69, 9.17) is 10.5 Å². The third kappa shape index (κ3) is 7.39. The van der Waals surface area contributed by atoms with E-state index in [0.29, 0.717) is 19.5 Å². The highest BCUT2D eigenvalue weighted by atomic mass is 16.5. The Morgan fingerprint density at radius 1 is 0.742 bits per heavy atom. The lowest BCUT2D eigenvalue weighted by Gasteiger charge is -2.30. The zero-order valence-electron chi connectivity index (χ0n) is 17.5. The van der Waals surface area contributed by atoms with Gasteiger partial charge in [-0.1, -0.05) is 91.0 Å². The largest absolute Gasteiger partial charge is 0.460 e. The lowest BCUT2D eigenvalue weighted by atomic mass is 10.1. The van der Waals surface area contributed by atoms with Gasteiger partial charge in [0, 0.05) is 19.5 Å². The minimum atomic E-state index is -0.586. The van der Waals surface area contributed by atoms with Gasteiger partial charge >= 0.3 is 5.97 Å². The first-order chi connectivity index (χ1) is 15.1. The van der Waals surface area contributed by atoms with Crippen molar-refractivity contribution < 1.29 is 14.3 Å². The first-order valence-corrected chi connectivity index (χ1v) is 10.4.